The molecule has 0 saturated carbocycles. The molecule has 0 radical (unpaired) electrons. The summed E-state index contributed by atoms with van der Waals surface area (Å²) in [6.45, 7) is 1.83. The first kappa shape index (κ1) is 12.0. The lowest BCUT2D eigenvalue weighted by Crippen LogP contribution is -2.44. The average Bonchev–Trinajstić information content (AvgIpc) is 2.71. The molecule has 4 N–H and O–H groups in total. The molecule has 7 heteroatoms. The zero-order valence-corrected chi connectivity index (χ0v) is 9.21. The van der Waals surface area contributed by atoms with Gasteiger partial charge in [-0.05, 0) is 6.42 Å². The summed E-state index contributed by atoms with van der Waals surface area (Å²) in [4.78, 5) is 11.7. The van der Waals surface area contributed by atoms with Crippen molar-refractivity contribution < 1.29 is 10.0 Å². The third kappa shape index (κ3) is 2.72. The second-order valence-electron chi connectivity index (χ2n) is 3.36. The highest BCUT2D eigenvalue weighted by molar-refractivity contribution is 5.97. The van der Waals surface area contributed by atoms with E-state index in [-0.39, 0.29) is 11.7 Å². The molecular formula is C9H15N5O2. The molecular weight excluding hydrogens is 210 g/mol. The fraction of sp³-hybridized carbons (Fsp3) is 0.444. The summed E-state index contributed by atoms with van der Waals surface area (Å²) in [7, 11) is 1.72. The molecule has 0 aliphatic carbocycles. The van der Waals surface area contributed by atoms with Crippen molar-refractivity contribution in [3.05, 3.63) is 18.0 Å². The van der Waals surface area contributed by atoms with E-state index in [1.807, 2.05) is 6.92 Å². The Balaban J connectivity index is 2.70. The fourth-order valence-corrected chi connectivity index (χ4v) is 1.23. The van der Waals surface area contributed by atoms with Crippen LogP contribution in [0.15, 0.2) is 17.5 Å². The van der Waals surface area contributed by atoms with Gasteiger partial charge >= 0.3 is 0 Å². The topological polar surface area (TPSA) is 106 Å². The van der Waals surface area contributed by atoms with E-state index in [1.54, 1.807) is 13.2 Å². The van der Waals surface area contributed by atoms with Gasteiger partial charge in [0.1, 0.15) is 0 Å². The van der Waals surface area contributed by atoms with E-state index in [2.05, 4.69) is 15.6 Å². The van der Waals surface area contributed by atoms with Gasteiger partial charge in [-0.3, -0.25) is 9.48 Å². The van der Waals surface area contributed by atoms with Crippen LogP contribution in [0, 0.1) is 0 Å². The van der Waals surface area contributed by atoms with Gasteiger partial charge in [-0.1, -0.05) is 12.1 Å². The largest absolute Gasteiger partial charge is 0.409 e. The minimum atomic E-state index is -0.474. The molecule has 0 aliphatic rings. The van der Waals surface area contributed by atoms with Crippen LogP contribution in [0.3, 0.4) is 0 Å². The van der Waals surface area contributed by atoms with Crippen molar-refractivity contribution in [2.75, 3.05) is 0 Å². The number of amidine groups is 1. The molecule has 1 atom stereocenters. The average molecular weight is 225 g/mol. The molecule has 16 heavy (non-hydrogen) atoms. The molecule has 0 saturated heterocycles. The molecule has 1 heterocycles. The third-order valence-corrected chi connectivity index (χ3v) is 2.15. The minimum Gasteiger partial charge on any atom is -0.409 e. The Morgan fingerprint density at radius 1 is 1.81 bits per heavy atom. The Morgan fingerprint density at radius 2 is 2.50 bits per heavy atom. The summed E-state index contributed by atoms with van der Waals surface area (Å²) >= 11 is 0. The van der Waals surface area contributed by atoms with Crippen molar-refractivity contribution in [3.8, 4) is 0 Å². The maximum Gasteiger partial charge on any atom is 0.255 e. The van der Waals surface area contributed by atoms with Gasteiger partial charge in [0.15, 0.2) is 5.84 Å². The summed E-state index contributed by atoms with van der Waals surface area (Å²) in [5.74, 6) is -0.314. The SMILES string of the molecule is CCC(NC(=O)c1cnn(C)c1)/C(N)=N/O. The molecule has 1 aromatic heterocycles. The Hall–Kier alpha value is -2.05. The number of aromatic nitrogens is 2. The predicted octanol–water partition coefficient (Wildman–Crippen LogP) is -0.325. The molecule has 0 fully saturated rings. The highest BCUT2D eigenvalue weighted by atomic mass is 16.4. The predicted molar refractivity (Wildman–Crippen MR) is 58.2 cm³/mol. The number of oxime groups is 1. The Bertz CT molecular complexity index is 398. The van der Waals surface area contributed by atoms with Gasteiger partial charge in [0.25, 0.3) is 5.91 Å². The molecule has 1 unspecified atom stereocenters. The zero-order chi connectivity index (χ0) is 12.1. The van der Waals surface area contributed by atoms with Gasteiger partial charge < -0.3 is 16.3 Å². The summed E-state index contributed by atoms with van der Waals surface area (Å²) in [5, 5.41) is 17.9. The van der Waals surface area contributed by atoms with Gasteiger partial charge in [-0.25, -0.2) is 0 Å². The van der Waals surface area contributed by atoms with Crippen LogP contribution in [-0.2, 0) is 7.05 Å². The van der Waals surface area contributed by atoms with Gasteiger partial charge in [0.2, 0.25) is 0 Å². The number of hydrogen-bond acceptors (Lipinski definition) is 4. The highest BCUT2D eigenvalue weighted by Gasteiger charge is 2.16. The van der Waals surface area contributed by atoms with Gasteiger partial charge in [-0.2, -0.15) is 5.10 Å². The number of carbonyl (C=O) groups is 1. The van der Waals surface area contributed by atoms with Crippen LogP contribution in [0.25, 0.3) is 0 Å². The molecule has 0 aromatic carbocycles. The lowest BCUT2D eigenvalue weighted by Gasteiger charge is -2.14. The molecule has 0 bridgehead atoms. The van der Waals surface area contributed by atoms with Crippen molar-refractivity contribution in [2.24, 2.45) is 17.9 Å². The van der Waals surface area contributed by atoms with Crippen LogP contribution in [-0.4, -0.2) is 32.8 Å². The molecule has 1 amide bonds. The van der Waals surface area contributed by atoms with Crippen LogP contribution in [0.4, 0.5) is 0 Å². The van der Waals surface area contributed by atoms with Crippen LogP contribution >= 0.6 is 0 Å². The van der Waals surface area contributed by atoms with Crippen LogP contribution in [0.5, 0.6) is 0 Å². The Kier molecular flexibility index (Phi) is 3.87. The van der Waals surface area contributed by atoms with Gasteiger partial charge in [0, 0.05) is 13.2 Å². The second kappa shape index (κ2) is 5.15. The van der Waals surface area contributed by atoms with Crippen molar-refractivity contribution >= 4 is 11.7 Å². The van der Waals surface area contributed by atoms with Crippen LogP contribution in [0.2, 0.25) is 0 Å². The smallest absolute Gasteiger partial charge is 0.255 e. The molecule has 0 spiro atoms. The van der Waals surface area contributed by atoms with Crippen molar-refractivity contribution in [1.82, 2.24) is 15.1 Å². The fourth-order valence-electron chi connectivity index (χ4n) is 1.23. The number of aryl methyl sites for hydroxylation is 1. The standard InChI is InChI=1S/C9H15N5O2/c1-3-7(8(10)13-16)12-9(15)6-4-11-14(2)5-6/h4-5,7,16H,3H2,1-2H3,(H2,10,13)(H,12,15). The molecule has 88 valence electrons. The first-order valence-electron chi connectivity index (χ1n) is 4.85. The summed E-state index contributed by atoms with van der Waals surface area (Å²) in [5.41, 5.74) is 5.86. The zero-order valence-electron chi connectivity index (χ0n) is 9.21. The van der Waals surface area contributed by atoms with Crippen molar-refractivity contribution in [1.29, 1.82) is 0 Å². The highest BCUT2D eigenvalue weighted by Crippen LogP contribution is 1.99. The van der Waals surface area contributed by atoms with Crippen molar-refractivity contribution in [2.45, 2.75) is 19.4 Å². The van der Waals surface area contributed by atoms with E-state index in [0.29, 0.717) is 12.0 Å². The molecule has 1 aromatic rings. The van der Waals surface area contributed by atoms with Crippen LogP contribution in [0.1, 0.15) is 23.7 Å². The third-order valence-electron chi connectivity index (χ3n) is 2.15. The number of amides is 1. The van der Waals surface area contributed by atoms with E-state index in [0.717, 1.165) is 0 Å². The van der Waals surface area contributed by atoms with E-state index >= 15 is 0 Å². The lowest BCUT2D eigenvalue weighted by molar-refractivity contribution is 0.0945. The Labute approximate surface area is 92.9 Å². The van der Waals surface area contributed by atoms with E-state index in [9.17, 15) is 4.79 Å². The van der Waals surface area contributed by atoms with Gasteiger partial charge in [0.05, 0.1) is 17.8 Å². The number of hydrogen-bond donors (Lipinski definition) is 3. The number of rotatable bonds is 4. The normalized spacial score (nSPS) is 13.5. The maximum atomic E-state index is 11.7. The maximum absolute atomic E-state index is 11.7. The molecule has 0 aliphatic heterocycles. The summed E-state index contributed by atoms with van der Waals surface area (Å²) < 4.78 is 1.53. The van der Waals surface area contributed by atoms with Crippen LogP contribution < -0.4 is 11.1 Å². The summed E-state index contributed by atoms with van der Waals surface area (Å²) in [6.07, 6.45) is 3.59. The Morgan fingerprint density at radius 3 is 2.94 bits per heavy atom. The number of nitrogens with one attached hydrogen (secondary N) is 1. The quantitative estimate of drug-likeness (QED) is 0.282. The number of carbonyl (C=O) groups excluding carboxylic acids is 1. The molecule has 7 nitrogen and oxygen atoms in total. The summed E-state index contributed by atoms with van der Waals surface area (Å²) in [6, 6.07) is -0.474. The van der Waals surface area contributed by atoms with E-state index < -0.39 is 6.04 Å². The number of nitrogens with zero attached hydrogens (tertiary/aromatic N) is 3. The van der Waals surface area contributed by atoms with Gasteiger partial charge in [-0.15, -0.1) is 0 Å². The first-order valence-corrected chi connectivity index (χ1v) is 4.85. The lowest BCUT2D eigenvalue weighted by atomic mass is 10.2. The second-order valence-corrected chi connectivity index (χ2v) is 3.36. The first-order chi connectivity index (χ1) is 7.58. The minimum absolute atomic E-state index is 0.0141. The number of nitrogens with two attached hydrogens (primary N) is 1. The van der Waals surface area contributed by atoms with E-state index in [1.165, 1.54) is 10.9 Å². The van der Waals surface area contributed by atoms with E-state index in [4.69, 9.17) is 10.9 Å². The monoisotopic (exact) mass is 225 g/mol. The van der Waals surface area contributed by atoms with Crippen molar-refractivity contribution in [3.63, 3.8) is 0 Å². The molecule has 1 rings (SSSR count).